The van der Waals surface area contributed by atoms with Crippen molar-refractivity contribution in [3.05, 3.63) is 71.1 Å². The van der Waals surface area contributed by atoms with Gasteiger partial charge in [0, 0.05) is 12.2 Å². The fourth-order valence-corrected chi connectivity index (χ4v) is 2.90. The fraction of sp³-hybridized carbons (Fsp3) is 0.111. The van der Waals surface area contributed by atoms with Crippen LogP contribution in [0, 0.1) is 5.82 Å². The number of likely N-dealkylation sites (N-methyl/N-ethyl adjacent to an activating group) is 1. The van der Waals surface area contributed by atoms with Gasteiger partial charge in [-0.15, -0.1) is 0 Å². The van der Waals surface area contributed by atoms with Crippen LogP contribution in [0.4, 0.5) is 15.8 Å². The first-order valence-electron chi connectivity index (χ1n) is 7.41. The van der Waals surface area contributed by atoms with Gasteiger partial charge in [0.05, 0.1) is 5.69 Å². The number of hydrogen-bond acceptors (Lipinski definition) is 3. The summed E-state index contributed by atoms with van der Waals surface area (Å²) in [5, 5.41) is -0.143. The summed E-state index contributed by atoms with van der Waals surface area (Å²) in [6.07, 6.45) is 0. The van der Waals surface area contributed by atoms with Crippen molar-refractivity contribution in [1.82, 2.24) is 0 Å². The lowest BCUT2D eigenvalue weighted by molar-refractivity contribution is -0.120. The van der Waals surface area contributed by atoms with Gasteiger partial charge in [-0.05, 0) is 43.3 Å². The summed E-state index contributed by atoms with van der Waals surface area (Å²) in [6, 6.07) is 14.3. The van der Waals surface area contributed by atoms with Crippen LogP contribution in [0.25, 0.3) is 0 Å². The van der Waals surface area contributed by atoms with Crippen LogP contribution in [0.1, 0.15) is 6.92 Å². The minimum Gasteiger partial charge on any atom is -0.336 e. The average molecular weight is 345 g/mol. The largest absolute Gasteiger partial charge is 0.336 e. The topological polar surface area (TPSA) is 40.6 Å². The zero-order valence-corrected chi connectivity index (χ0v) is 13.6. The molecule has 1 aliphatic rings. The lowest BCUT2D eigenvalue weighted by atomic mass is 10.2. The second kappa shape index (κ2) is 6.45. The standard InChI is InChI=1S/C18H14ClFN2O2/c1-2-21(13-6-4-3-5-7-13)16-15(19)17(23)22(18(16)24)14-10-8-12(20)9-11-14/h3-11H,2H2,1H3. The number of imide groups is 1. The maximum atomic E-state index is 13.1. The summed E-state index contributed by atoms with van der Waals surface area (Å²) in [7, 11) is 0. The predicted molar refractivity (Wildman–Crippen MR) is 91.2 cm³/mol. The molecule has 1 heterocycles. The van der Waals surface area contributed by atoms with Crippen molar-refractivity contribution in [2.75, 3.05) is 16.3 Å². The van der Waals surface area contributed by atoms with Gasteiger partial charge in [-0.2, -0.15) is 0 Å². The van der Waals surface area contributed by atoms with Crippen LogP contribution in [0.15, 0.2) is 65.3 Å². The highest BCUT2D eigenvalue weighted by Crippen LogP contribution is 2.33. The number of halogens is 2. The quantitative estimate of drug-likeness (QED) is 0.794. The number of hydrogen-bond donors (Lipinski definition) is 0. The molecule has 0 saturated heterocycles. The van der Waals surface area contributed by atoms with Crippen molar-refractivity contribution in [1.29, 1.82) is 0 Å². The van der Waals surface area contributed by atoms with E-state index < -0.39 is 17.6 Å². The molecule has 0 atom stereocenters. The summed E-state index contributed by atoms with van der Waals surface area (Å²) < 4.78 is 13.1. The molecule has 0 unspecified atom stereocenters. The molecule has 4 nitrogen and oxygen atoms in total. The van der Waals surface area contributed by atoms with Crippen LogP contribution in [-0.4, -0.2) is 18.4 Å². The molecule has 6 heteroatoms. The molecule has 0 aromatic heterocycles. The highest BCUT2D eigenvalue weighted by Gasteiger charge is 2.41. The first-order valence-corrected chi connectivity index (χ1v) is 7.79. The van der Waals surface area contributed by atoms with E-state index in [1.54, 1.807) is 4.90 Å². The summed E-state index contributed by atoms with van der Waals surface area (Å²) in [4.78, 5) is 27.9. The van der Waals surface area contributed by atoms with Crippen LogP contribution in [0.3, 0.4) is 0 Å². The van der Waals surface area contributed by atoms with Crippen molar-refractivity contribution in [3.63, 3.8) is 0 Å². The number of anilines is 2. The maximum absolute atomic E-state index is 13.1. The first kappa shape index (κ1) is 16.2. The Morgan fingerprint density at radius 2 is 1.62 bits per heavy atom. The molecule has 0 aliphatic carbocycles. The monoisotopic (exact) mass is 344 g/mol. The van der Waals surface area contributed by atoms with E-state index >= 15 is 0 Å². The third kappa shape index (κ3) is 2.67. The van der Waals surface area contributed by atoms with E-state index in [0.29, 0.717) is 6.54 Å². The Bertz CT molecular complexity index is 819. The molecule has 2 amide bonds. The highest BCUT2D eigenvalue weighted by atomic mass is 35.5. The molecule has 0 N–H and O–H groups in total. The molecule has 1 aliphatic heterocycles. The third-order valence-corrected chi connectivity index (χ3v) is 4.08. The number of rotatable bonds is 4. The molecule has 24 heavy (non-hydrogen) atoms. The summed E-state index contributed by atoms with van der Waals surface area (Å²) in [5.41, 5.74) is 1.17. The van der Waals surface area contributed by atoms with Crippen LogP contribution in [0.5, 0.6) is 0 Å². The van der Waals surface area contributed by atoms with Crippen LogP contribution in [0.2, 0.25) is 0 Å². The molecular formula is C18H14ClFN2O2. The van der Waals surface area contributed by atoms with Gasteiger partial charge in [-0.1, -0.05) is 29.8 Å². The minimum atomic E-state index is -0.613. The second-order valence-corrected chi connectivity index (χ2v) is 5.54. The van der Waals surface area contributed by atoms with Gasteiger partial charge in [0.25, 0.3) is 11.8 Å². The Kier molecular flexibility index (Phi) is 4.36. The van der Waals surface area contributed by atoms with Crippen molar-refractivity contribution in [3.8, 4) is 0 Å². The number of nitrogens with zero attached hydrogens (tertiary/aromatic N) is 2. The Morgan fingerprint density at radius 3 is 2.21 bits per heavy atom. The molecule has 0 radical (unpaired) electrons. The smallest absolute Gasteiger partial charge is 0.283 e. The molecule has 2 aromatic rings. The lowest BCUT2D eigenvalue weighted by Gasteiger charge is -2.24. The first-order chi connectivity index (χ1) is 11.5. The number of benzene rings is 2. The number of carbonyl (C=O) groups excluding carboxylic acids is 2. The molecule has 0 saturated carbocycles. The van der Waals surface area contributed by atoms with Crippen molar-refractivity contribution in [2.24, 2.45) is 0 Å². The van der Waals surface area contributed by atoms with Gasteiger partial charge in [0.2, 0.25) is 0 Å². The van der Waals surface area contributed by atoms with Gasteiger partial charge >= 0.3 is 0 Å². The predicted octanol–water partition coefficient (Wildman–Crippen LogP) is 3.68. The summed E-state index contributed by atoms with van der Waals surface area (Å²) in [5.74, 6) is -1.59. The minimum absolute atomic E-state index is 0.125. The summed E-state index contributed by atoms with van der Waals surface area (Å²) >= 11 is 6.17. The van der Waals surface area contributed by atoms with Gasteiger partial charge < -0.3 is 4.90 Å². The van der Waals surface area contributed by atoms with Gasteiger partial charge in [0.1, 0.15) is 16.5 Å². The number of para-hydroxylation sites is 1. The van der Waals surface area contributed by atoms with Gasteiger partial charge in [0.15, 0.2) is 0 Å². The number of carbonyl (C=O) groups is 2. The van der Waals surface area contributed by atoms with Crippen molar-refractivity contribution in [2.45, 2.75) is 6.92 Å². The normalized spacial score (nSPS) is 14.5. The van der Waals surface area contributed by atoms with E-state index in [1.807, 2.05) is 37.3 Å². The molecule has 2 aromatic carbocycles. The molecule has 122 valence electrons. The van der Waals surface area contributed by atoms with E-state index in [1.165, 1.54) is 24.3 Å². The molecule has 0 bridgehead atoms. The SMILES string of the molecule is CCN(C1=C(Cl)C(=O)N(c2ccc(F)cc2)C1=O)c1ccccc1. The zero-order valence-electron chi connectivity index (χ0n) is 12.9. The van der Waals surface area contributed by atoms with E-state index in [2.05, 4.69) is 0 Å². The number of amides is 2. The Hall–Kier alpha value is -2.66. The molecular weight excluding hydrogens is 331 g/mol. The molecule has 3 rings (SSSR count). The van der Waals surface area contributed by atoms with E-state index in [-0.39, 0.29) is 16.4 Å². The third-order valence-electron chi connectivity index (χ3n) is 3.74. The second-order valence-electron chi connectivity index (χ2n) is 5.16. The Balaban J connectivity index is 2.01. The van der Waals surface area contributed by atoms with Gasteiger partial charge in [-0.3, -0.25) is 9.59 Å². The van der Waals surface area contributed by atoms with Crippen molar-refractivity contribution >= 4 is 34.8 Å². The van der Waals surface area contributed by atoms with Crippen LogP contribution < -0.4 is 9.80 Å². The van der Waals surface area contributed by atoms with Gasteiger partial charge in [-0.25, -0.2) is 9.29 Å². The lowest BCUT2D eigenvalue weighted by Crippen LogP contribution is -2.35. The Labute approximate surface area is 143 Å². The van der Waals surface area contributed by atoms with E-state index in [4.69, 9.17) is 11.6 Å². The maximum Gasteiger partial charge on any atom is 0.283 e. The van der Waals surface area contributed by atoms with Crippen molar-refractivity contribution < 1.29 is 14.0 Å². The Morgan fingerprint density at radius 1 is 1.00 bits per heavy atom. The average Bonchev–Trinajstić information content (AvgIpc) is 2.81. The molecule has 0 spiro atoms. The summed E-state index contributed by atoms with van der Waals surface area (Å²) in [6.45, 7) is 2.33. The van der Waals surface area contributed by atoms with Crippen LogP contribution >= 0.6 is 11.6 Å². The zero-order chi connectivity index (χ0) is 17.3. The highest BCUT2D eigenvalue weighted by molar-refractivity contribution is 6.53. The van der Waals surface area contributed by atoms with E-state index in [9.17, 15) is 14.0 Å². The fourth-order valence-electron chi connectivity index (χ4n) is 2.63. The van der Waals surface area contributed by atoms with Crippen LogP contribution in [-0.2, 0) is 9.59 Å². The molecule has 0 fully saturated rings. The van der Waals surface area contributed by atoms with E-state index in [0.717, 1.165) is 10.6 Å².